The van der Waals surface area contributed by atoms with Gasteiger partial charge in [0.25, 0.3) is 0 Å². The van der Waals surface area contributed by atoms with Crippen LogP contribution >= 0.6 is 0 Å². The molecule has 0 aromatic heterocycles. The third-order valence-corrected chi connectivity index (χ3v) is 3.93. The molecule has 1 aliphatic heterocycles. The number of piperidine rings is 1. The molecule has 3 unspecified atom stereocenters. The second kappa shape index (κ2) is 6.88. The molecule has 3 nitrogen and oxygen atoms in total. The van der Waals surface area contributed by atoms with Crippen molar-refractivity contribution in [1.29, 1.82) is 0 Å². The lowest BCUT2D eigenvalue weighted by molar-refractivity contribution is -0.0701. The Morgan fingerprint density at radius 2 is 1.83 bits per heavy atom. The first-order chi connectivity index (χ1) is 8.32. The summed E-state index contributed by atoms with van der Waals surface area (Å²) in [5, 5.41) is 10.1. The van der Waals surface area contributed by atoms with Gasteiger partial charge in [-0.05, 0) is 38.5 Å². The number of aliphatic hydroxyl groups is 1. The maximum atomic E-state index is 10.1. The second-order valence-corrected chi connectivity index (χ2v) is 6.74. The van der Waals surface area contributed by atoms with Gasteiger partial charge in [-0.3, -0.25) is 0 Å². The SMILES string of the molecule is CCC(C)(C)OCC(O)CN1CC(C)CC(C)C1. The van der Waals surface area contributed by atoms with Gasteiger partial charge in [0.1, 0.15) is 0 Å². The van der Waals surface area contributed by atoms with Gasteiger partial charge in [0.15, 0.2) is 0 Å². The Morgan fingerprint density at radius 3 is 2.33 bits per heavy atom. The van der Waals surface area contributed by atoms with Gasteiger partial charge in [-0.2, -0.15) is 0 Å². The Morgan fingerprint density at radius 1 is 1.28 bits per heavy atom. The lowest BCUT2D eigenvalue weighted by Gasteiger charge is -2.36. The van der Waals surface area contributed by atoms with Crippen LogP contribution in [-0.4, -0.2) is 48.0 Å². The molecule has 1 saturated heterocycles. The Kier molecular flexibility index (Phi) is 6.09. The van der Waals surface area contributed by atoms with Crippen LogP contribution < -0.4 is 0 Å². The van der Waals surface area contributed by atoms with E-state index in [0.29, 0.717) is 6.61 Å². The van der Waals surface area contributed by atoms with Gasteiger partial charge >= 0.3 is 0 Å². The van der Waals surface area contributed by atoms with Crippen molar-refractivity contribution in [3.05, 3.63) is 0 Å². The van der Waals surface area contributed by atoms with Crippen LogP contribution in [0.5, 0.6) is 0 Å². The molecule has 0 radical (unpaired) electrons. The van der Waals surface area contributed by atoms with E-state index in [0.717, 1.165) is 37.9 Å². The molecule has 3 atom stereocenters. The van der Waals surface area contributed by atoms with Crippen molar-refractivity contribution < 1.29 is 9.84 Å². The van der Waals surface area contributed by atoms with E-state index < -0.39 is 0 Å². The lowest BCUT2D eigenvalue weighted by atomic mass is 9.92. The molecule has 0 spiro atoms. The fourth-order valence-electron chi connectivity index (χ4n) is 2.72. The quantitative estimate of drug-likeness (QED) is 0.793. The predicted octanol–water partition coefficient (Wildman–Crippen LogP) is 2.53. The summed E-state index contributed by atoms with van der Waals surface area (Å²) in [5.41, 5.74) is -0.122. The predicted molar refractivity (Wildman–Crippen MR) is 75.7 cm³/mol. The summed E-state index contributed by atoms with van der Waals surface area (Å²) in [7, 11) is 0. The van der Waals surface area contributed by atoms with Crippen LogP contribution in [0.25, 0.3) is 0 Å². The van der Waals surface area contributed by atoms with Crippen molar-refractivity contribution in [2.75, 3.05) is 26.2 Å². The van der Waals surface area contributed by atoms with Crippen molar-refractivity contribution in [3.8, 4) is 0 Å². The molecule has 0 saturated carbocycles. The summed E-state index contributed by atoms with van der Waals surface area (Å²) in [5.74, 6) is 1.49. The topological polar surface area (TPSA) is 32.7 Å². The van der Waals surface area contributed by atoms with Gasteiger partial charge in [0.2, 0.25) is 0 Å². The van der Waals surface area contributed by atoms with Gasteiger partial charge in [-0.15, -0.1) is 0 Å². The number of aliphatic hydroxyl groups excluding tert-OH is 1. The van der Waals surface area contributed by atoms with E-state index in [1.54, 1.807) is 0 Å². The minimum Gasteiger partial charge on any atom is -0.389 e. The summed E-state index contributed by atoms with van der Waals surface area (Å²) in [4.78, 5) is 2.38. The second-order valence-electron chi connectivity index (χ2n) is 6.74. The molecule has 0 amide bonds. The van der Waals surface area contributed by atoms with Crippen LogP contribution in [0.4, 0.5) is 0 Å². The summed E-state index contributed by atoms with van der Waals surface area (Å²) in [6.07, 6.45) is 1.91. The molecule has 0 aromatic rings. The first-order valence-corrected chi connectivity index (χ1v) is 7.36. The molecule has 0 aliphatic carbocycles. The number of β-amino-alcohol motifs (C(OH)–C–C–N with tert-alkyl or cyclic N) is 1. The fourth-order valence-corrected chi connectivity index (χ4v) is 2.72. The lowest BCUT2D eigenvalue weighted by Crippen LogP contribution is -2.44. The zero-order chi connectivity index (χ0) is 13.8. The zero-order valence-electron chi connectivity index (χ0n) is 12.8. The maximum absolute atomic E-state index is 10.1. The molecule has 1 heterocycles. The molecule has 1 aliphatic rings. The van der Waals surface area contributed by atoms with Gasteiger partial charge in [0.05, 0.1) is 18.3 Å². The van der Waals surface area contributed by atoms with Crippen molar-refractivity contribution in [1.82, 2.24) is 4.90 Å². The Labute approximate surface area is 113 Å². The van der Waals surface area contributed by atoms with Crippen LogP contribution in [0.2, 0.25) is 0 Å². The van der Waals surface area contributed by atoms with E-state index >= 15 is 0 Å². The Balaban J connectivity index is 2.29. The Bertz CT molecular complexity index is 233. The molecule has 0 aromatic carbocycles. The third kappa shape index (κ3) is 5.68. The highest BCUT2D eigenvalue weighted by Crippen LogP contribution is 2.21. The highest BCUT2D eigenvalue weighted by Gasteiger charge is 2.24. The third-order valence-electron chi connectivity index (χ3n) is 3.93. The van der Waals surface area contributed by atoms with Crippen LogP contribution in [0.3, 0.4) is 0 Å². The minimum atomic E-state index is -0.367. The van der Waals surface area contributed by atoms with Gasteiger partial charge in [0, 0.05) is 19.6 Å². The van der Waals surface area contributed by atoms with Gasteiger partial charge in [-0.1, -0.05) is 20.8 Å². The van der Waals surface area contributed by atoms with E-state index in [-0.39, 0.29) is 11.7 Å². The molecule has 18 heavy (non-hydrogen) atoms. The first-order valence-electron chi connectivity index (χ1n) is 7.36. The van der Waals surface area contributed by atoms with Gasteiger partial charge < -0.3 is 14.7 Å². The summed E-state index contributed by atoms with van der Waals surface area (Å²) in [6.45, 7) is 14.3. The monoisotopic (exact) mass is 257 g/mol. The smallest absolute Gasteiger partial charge is 0.0900 e. The molecular formula is C15H31NO2. The molecule has 0 bridgehead atoms. The number of hydrogen-bond donors (Lipinski definition) is 1. The van der Waals surface area contributed by atoms with Gasteiger partial charge in [-0.25, -0.2) is 0 Å². The number of ether oxygens (including phenoxy) is 1. The average Bonchev–Trinajstić information content (AvgIpc) is 2.25. The Hall–Kier alpha value is -0.120. The van der Waals surface area contributed by atoms with Crippen molar-refractivity contribution in [3.63, 3.8) is 0 Å². The summed E-state index contributed by atoms with van der Waals surface area (Å²) in [6, 6.07) is 0. The maximum Gasteiger partial charge on any atom is 0.0900 e. The summed E-state index contributed by atoms with van der Waals surface area (Å²) >= 11 is 0. The van der Waals surface area contributed by atoms with Crippen molar-refractivity contribution in [2.24, 2.45) is 11.8 Å². The summed E-state index contributed by atoms with van der Waals surface area (Å²) < 4.78 is 5.76. The average molecular weight is 257 g/mol. The van der Waals surface area contributed by atoms with E-state index in [9.17, 15) is 5.11 Å². The molecule has 1 N–H and O–H groups in total. The largest absolute Gasteiger partial charge is 0.389 e. The fraction of sp³-hybridized carbons (Fsp3) is 1.00. The van der Waals surface area contributed by atoms with E-state index in [2.05, 4.69) is 39.5 Å². The minimum absolute atomic E-state index is 0.122. The van der Waals surface area contributed by atoms with E-state index in [1.807, 2.05) is 0 Å². The number of likely N-dealkylation sites (tertiary alicyclic amines) is 1. The van der Waals surface area contributed by atoms with Crippen molar-refractivity contribution >= 4 is 0 Å². The van der Waals surface area contributed by atoms with Crippen LogP contribution in [0.1, 0.15) is 47.5 Å². The van der Waals surface area contributed by atoms with Crippen LogP contribution in [0.15, 0.2) is 0 Å². The molecular weight excluding hydrogens is 226 g/mol. The molecule has 3 heteroatoms. The van der Waals surface area contributed by atoms with E-state index in [1.165, 1.54) is 6.42 Å². The zero-order valence-corrected chi connectivity index (χ0v) is 12.8. The van der Waals surface area contributed by atoms with Crippen LogP contribution in [-0.2, 0) is 4.74 Å². The molecule has 1 fully saturated rings. The van der Waals surface area contributed by atoms with Crippen LogP contribution in [0, 0.1) is 11.8 Å². The number of hydrogen-bond acceptors (Lipinski definition) is 3. The normalized spacial score (nSPS) is 28.3. The number of rotatable bonds is 6. The molecule has 108 valence electrons. The highest BCUT2D eigenvalue weighted by molar-refractivity contribution is 4.77. The highest BCUT2D eigenvalue weighted by atomic mass is 16.5. The first kappa shape index (κ1) is 15.9. The van der Waals surface area contributed by atoms with E-state index in [4.69, 9.17) is 4.74 Å². The van der Waals surface area contributed by atoms with Crippen molar-refractivity contribution in [2.45, 2.75) is 59.2 Å². The standard InChI is InChI=1S/C15H31NO2/c1-6-15(4,5)18-11-14(17)10-16-8-12(2)7-13(3)9-16/h12-14,17H,6-11H2,1-5H3. The molecule has 1 rings (SSSR count). The number of nitrogens with zero attached hydrogens (tertiary/aromatic N) is 1.